The van der Waals surface area contributed by atoms with Gasteiger partial charge in [0, 0.05) is 37.1 Å². The van der Waals surface area contributed by atoms with Crippen molar-refractivity contribution in [2.75, 3.05) is 13.1 Å². The Hall–Kier alpha value is -2.37. The molecule has 0 bridgehead atoms. The molecule has 21 heavy (non-hydrogen) atoms. The van der Waals surface area contributed by atoms with E-state index in [4.69, 9.17) is 0 Å². The molecular weight excluding hydrogens is 266 g/mol. The van der Waals surface area contributed by atoms with Gasteiger partial charge < -0.3 is 4.90 Å². The number of rotatable bonds is 2. The smallest absolute Gasteiger partial charge is 0.272 e. The van der Waals surface area contributed by atoms with Crippen molar-refractivity contribution in [1.82, 2.24) is 24.8 Å². The van der Waals surface area contributed by atoms with Gasteiger partial charge >= 0.3 is 0 Å². The van der Waals surface area contributed by atoms with Crippen LogP contribution in [0.2, 0.25) is 0 Å². The lowest BCUT2D eigenvalue weighted by Crippen LogP contribution is -2.39. The number of hydrogen-bond acceptors (Lipinski definition) is 5. The molecule has 6 heteroatoms. The van der Waals surface area contributed by atoms with E-state index in [1.54, 1.807) is 31.7 Å². The molecule has 0 aromatic carbocycles. The Bertz CT molecular complexity index is 631. The van der Waals surface area contributed by atoms with Crippen LogP contribution in [0.25, 0.3) is 0 Å². The zero-order chi connectivity index (χ0) is 14.7. The highest BCUT2D eigenvalue weighted by Gasteiger charge is 2.26. The minimum Gasteiger partial charge on any atom is -0.337 e. The highest BCUT2D eigenvalue weighted by molar-refractivity contribution is 5.92. The summed E-state index contributed by atoms with van der Waals surface area (Å²) < 4.78 is 0. The molecule has 0 saturated carbocycles. The molecule has 6 nitrogen and oxygen atoms in total. The molecule has 1 atom stereocenters. The van der Waals surface area contributed by atoms with Crippen molar-refractivity contribution in [3.63, 3.8) is 0 Å². The van der Waals surface area contributed by atoms with Gasteiger partial charge in [0.15, 0.2) is 0 Å². The summed E-state index contributed by atoms with van der Waals surface area (Å²) in [4.78, 5) is 30.9. The molecule has 2 aromatic heterocycles. The third-order valence-electron chi connectivity index (χ3n) is 3.73. The number of carbonyl (C=O) groups excluding carboxylic acids is 1. The Morgan fingerprint density at radius 1 is 1.29 bits per heavy atom. The van der Waals surface area contributed by atoms with Crippen molar-refractivity contribution in [2.45, 2.75) is 25.7 Å². The Morgan fingerprint density at radius 2 is 2.19 bits per heavy atom. The summed E-state index contributed by atoms with van der Waals surface area (Å²) >= 11 is 0. The summed E-state index contributed by atoms with van der Waals surface area (Å²) in [5, 5.41) is 0. The molecule has 1 fully saturated rings. The lowest BCUT2D eigenvalue weighted by atomic mass is 9.94. The molecule has 1 amide bonds. The SMILES string of the molecule is Cc1nccc(C(=O)N2CCCC(c3ccncn3)C2)n1. The number of nitrogens with zero attached hydrogens (tertiary/aromatic N) is 5. The molecule has 1 aliphatic heterocycles. The molecule has 1 aliphatic rings. The fraction of sp³-hybridized carbons (Fsp3) is 0.400. The van der Waals surface area contributed by atoms with Gasteiger partial charge in [-0.1, -0.05) is 0 Å². The minimum atomic E-state index is -0.0285. The number of hydrogen-bond donors (Lipinski definition) is 0. The molecule has 0 radical (unpaired) electrons. The van der Waals surface area contributed by atoms with Crippen molar-refractivity contribution < 1.29 is 4.79 Å². The van der Waals surface area contributed by atoms with Crippen LogP contribution in [0.1, 0.15) is 40.8 Å². The van der Waals surface area contributed by atoms with Crippen LogP contribution in [0.3, 0.4) is 0 Å². The van der Waals surface area contributed by atoms with Crippen molar-refractivity contribution in [1.29, 1.82) is 0 Å². The molecule has 2 aromatic rings. The van der Waals surface area contributed by atoms with E-state index in [0.29, 0.717) is 18.1 Å². The van der Waals surface area contributed by atoms with Crippen LogP contribution in [0.4, 0.5) is 0 Å². The van der Waals surface area contributed by atoms with Gasteiger partial charge in [-0.15, -0.1) is 0 Å². The standard InChI is InChI=1S/C15H17N5O/c1-11-17-7-5-14(19-11)15(21)20-8-2-3-12(9-20)13-4-6-16-10-18-13/h4-7,10,12H,2-3,8-9H2,1H3. The van der Waals surface area contributed by atoms with Crippen LogP contribution >= 0.6 is 0 Å². The zero-order valence-corrected chi connectivity index (χ0v) is 11.9. The molecule has 0 spiro atoms. The van der Waals surface area contributed by atoms with E-state index < -0.39 is 0 Å². The molecule has 108 valence electrons. The Labute approximate surface area is 123 Å². The predicted molar refractivity (Wildman–Crippen MR) is 76.7 cm³/mol. The number of amides is 1. The largest absolute Gasteiger partial charge is 0.337 e. The lowest BCUT2D eigenvalue weighted by Gasteiger charge is -2.32. The summed E-state index contributed by atoms with van der Waals surface area (Å²) in [6.45, 7) is 3.24. The van der Waals surface area contributed by atoms with E-state index in [9.17, 15) is 4.79 Å². The first-order chi connectivity index (χ1) is 10.2. The first-order valence-corrected chi connectivity index (χ1v) is 7.09. The summed E-state index contributed by atoms with van der Waals surface area (Å²) in [7, 11) is 0. The second-order valence-corrected chi connectivity index (χ2v) is 5.21. The molecule has 1 unspecified atom stereocenters. The second-order valence-electron chi connectivity index (χ2n) is 5.21. The van der Waals surface area contributed by atoms with E-state index >= 15 is 0 Å². The van der Waals surface area contributed by atoms with E-state index in [1.165, 1.54) is 0 Å². The normalized spacial score (nSPS) is 18.5. The maximum absolute atomic E-state index is 12.5. The zero-order valence-electron chi connectivity index (χ0n) is 11.9. The highest BCUT2D eigenvalue weighted by Crippen LogP contribution is 2.25. The van der Waals surface area contributed by atoms with Crippen LogP contribution in [0.5, 0.6) is 0 Å². The van der Waals surface area contributed by atoms with Crippen LogP contribution < -0.4 is 0 Å². The third kappa shape index (κ3) is 3.04. The van der Waals surface area contributed by atoms with Gasteiger partial charge in [0.25, 0.3) is 5.91 Å². The minimum absolute atomic E-state index is 0.0285. The van der Waals surface area contributed by atoms with Crippen molar-refractivity contribution in [2.24, 2.45) is 0 Å². The summed E-state index contributed by atoms with van der Waals surface area (Å²) in [6.07, 6.45) is 6.95. The number of piperidine rings is 1. The third-order valence-corrected chi connectivity index (χ3v) is 3.73. The number of carbonyl (C=O) groups is 1. The van der Waals surface area contributed by atoms with E-state index in [0.717, 1.165) is 25.1 Å². The average Bonchev–Trinajstić information content (AvgIpc) is 2.55. The molecule has 0 N–H and O–H groups in total. The lowest BCUT2D eigenvalue weighted by molar-refractivity contribution is 0.0699. The van der Waals surface area contributed by atoms with Crippen LogP contribution in [-0.4, -0.2) is 43.8 Å². The summed E-state index contributed by atoms with van der Waals surface area (Å²) in [5.41, 5.74) is 1.47. The van der Waals surface area contributed by atoms with Gasteiger partial charge in [-0.25, -0.2) is 19.9 Å². The Morgan fingerprint density at radius 3 is 2.95 bits per heavy atom. The number of aryl methyl sites for hydroxylation is 1. The van der Waals surface area contributed by atoms with E-state index in [-0.39, 0.29) is 11.8 Å². The molecule has 3 rings (SSSR count). The summed E-state index contributed by atoms with van der Waals surface area (Å²) in [6, 6.07) is 3.59. The first-order valence-electron chi connectivity index (χ1n) is 7.09. The summed E-state index contributed by atoms with van der Waals surface area (Å²) in [5.74, 6) is 0.859. The number of likely N-dealkylation sites (tertiary alicyclic amines) is 1. The Kier molecular flexibility index (Phi) is 3.85. The van der Waals surface area contributed by atoms with Gasteiger partial charge in [0.05, 0.1) is 0 Å². The van der Waals surface area contributed by atoms with Crippen LogP contribution in [-0.2, 0) is 0 Å². The van der Waals surface area contributed by atoms with E-state index in [1.807, 2.05) is 11.0 Å². The average molecular weight is 283 g/mol. The number of aromatic nitrogens is 4. The topological polar surface area (TPSA) is 71.9 Å². The van der Waals surface area contributed by atoms with Gasteiger partial charge in [-0.2, -0.15) is 0 Å². The van der Waals surface area contributed by atoms with Gasteiger partial charge in [0.1, 0.15) is 17.8 Å². The molecule has 0 aliphatic carbocycles. The van der Waals surface area contributed by atoms with Gasteiger partial charge in [0.2, 0.25) is 0 Å². The van der Waals surface area contributed by atoms with Gasteiger partial charge in [-0.05, 0) is 31.9 Å². The first kappa shape index (κ1) is 13.6. The van der Waals surface area contributed by atoms with Crippen LogP contribution in [0, 0.1) is 6.92 Å². The second kappa shape index (κ2) is 5.95. The van der Waals surface area contributed by atoms with Crippen molar-refractivity contribution >= 4 is 5.91 Å². The molecular formula is C15H17N5O. The van der Waals surface area contributed by atoms with Crippen molar-refractivity contribution in [3.8, 4) is 0 Å². The quantitative estimate of drug-likeness (QED) is 0.837. The van der Waals surface area contributed by atoms with Gasteiger partial charge in [-0.3, -0.25) is 4.79 Å². The Balaban J connectivity index is 1.75. The maximum Gasteiger partial charge on any atom is 0.272 e. The fourth-order valence-corrected chi connectivity index (χ4v) is 2.68. The maximum atomic E-state index is 12.5. The predicted octanol–water partition coefficient (Wildman–Crippen LogP) is 1.59. The fourth-order valence-electron chi connectivity index (χ4n) is 2.68. The molecule has 1 saturated heterocycles. The highest BCUT2D eigenvalue weighted by atomic mass is 16.2. The molecule has 3 heterocycles. The van der Waals surface area contributed by atoms with Crippen molar-refractivity contribution in [3.05, 3.63) is 48.1 Å². The van der Waals surface area contributed by atoms with Crippen LogP contribution in [0.15, 0.2) is 30.9 Å². The monoisotopic (exact) mass is 283 g/mol. The van der Waals surface area contributed by atoms with E-state index in [2.05, 4.69) is 19.9 Å².